The lowest BCUT2D eigenvalue weighted by atomic mass is 10.2. The summed E-state index contributed by atoms with van der Waals surface area (Å²) < 4.78 is 31.3. The molecular weight excluding hydrogens is 264 g/mol. The second-order valence-corrected chi connectivity index (χ2v) is 6.00. The van der Waals surface area contributed by atoms with Gasteiger partial charge in [0.25, 0.3) is 10.0 Å². The van der Waals surface area contributed by atoms with E-state index in [0.717, 1.165) is 16.0 Å². The molecule has 2 rings (SSSR count). The van der Waals surface area contributed by atoms with Gasteiger partial charge in [0, 0.05) is 6.20 Å². The Morgan fingerprint density at radius 2 is 2.11 bits per heavy atom. The van der Waals surface area contributed by atoms with Gasteiger partial charge in [-0.3, -0.25) is 0 Å². The number of rotatable bonds is 4. The third-order valence-electron chi connectivity index (χ3n) is 2.88. The number of hydrogen-bond acceptors (Lipinski definition) is 4. The van der Waals surface area contributed by atoms with Gasteiger partial charge >= 0.3 is 0 Å². The Hall–Kier alpha value is -1.82. The van der Waals surface area contributed by atoms with Crippen LogP contribution in [0, 0.1) is 6.92 Å². The second kappa shape index (κ2) is 5.05. The Morgan fingerprint density at radius 1 is 1.37 bits per heavy atom. The monoisotopic (exact) mass is 280 g/mol. The molecule has 0 atom stereocenters. The first-order valence-corrected chi connectivity index (χ1v) is 7.36. The molecule has 1 aromatic carbocycles. The molecule has 0 aliphatic heterocycles. The topological polar surface area (TPSA) is 61.2 Å². The Balaban J connectivity index is 2.62. The minimum absolute atomic E-state index is 0.159. The van der Waals surface area contributed by atoms with Crippen LogP contribution in [0.2, 0.25) is 0 Å². The van der Waals surface area contributed by atoms with Gasteiger partial charge in [0.15, 0.2) is 0 Å². The van der Waals surface area contributed by atoms with Gasteiger partial charge < -0.3 is 4.74 Å². The van der Waals surface area contributed by atoms with Crippen LogP contribution >= 0.6 is 0 Å². The molecule has 0 saturated carbocycles. The summed E-state index contributed by atoms with van der Waals surface area (Å²) in [5, 5.41) is 0. The maximum atomic E-state index is 12.5. The predicted molar refractivity (Wildman–Crippen MR) is 71.9 cm³/mol. The highest BCUT2D eigenvalue weighted by molar-refractivity contribution is 7.90. The fourth-order valence-electron chi connectivity index (χ4n) is 1.79. The Labute approximate surface area is 112 Å². The highest BCUT2D eigenvalue weighted by atomic mass is 32.2. The first-order valence-electron chi connectivity index (χ1n) is 5.92. The van der Waals surface area contributed by atoms with Gasteiger partial charge in [-0.25, -0.2) is 17.4 Å². The molecule has 5 nitrogen and oxygen atoms in total. The van der Waals surface area contributed by atoms with Crippen LogP contribution in [0.5, 0.6) is 5.75 Å². The van der Waals surface area contributed by atoms with E-state index in [1.54, 1.807) is 19.1 Å². The number of imidazole rings is 1. The highest BCUT2D eigenvalue weighted by Gasteiger charge is 2.22. The van der Waals surface area contributed by atoms with Gasteiger partial charge in [-0.2, -0.15) is 0 Å². The minimum Gasteiger partial charge on any atom is -0.495 e. The average molecular weight is 280 g/mol. The molecule has 0 aliphatic rings. The molecule has 0 bridgehead atoms. The molecule has 6 heteroatoms. The van der Waals surface area contributed by atoms with Gasteiger partial charge in [0.2, 0.25) is 0 Å². The summed E-state index contributed by atoms with van der Waals surface area (Å²) in [7, 11) is -2.21. The zero-order valence-corrected chi connectivity index (χ0v) is 11.9. The molecule has 102 valence electrons. The van der Waals surface area contributed by atoms with E-state index in [9.17, 15) is 8.42 Å². The quantitative estimate of drug-likeness (QED) is 0.859. The molecule has 1 aromatic heterocycles. The summed E-state index contributed by atoms with van der Waals surface area (Å²) in [4.78, 5) is 4.11. The first-order chi connectivity index (χ1) is 8.98. The standard InChI is InChI=1S/C13H16N2O3S/c1-4-11-5-6-12(18-3)13(7-11)19(16,17)15-8-10(2)14-9-15/h5-9H,4H2,1-3H3. The van der Waals surface area contributed by atoms with E-state index in [2.05, 4.69) is 4.98 Å². The van der Waals surface area contributed by atoms with Gasteiger partial charge in [0.05, 0.1) is 12.8 Å². The predicted octanol–water partition coefficient (Wildman–Crippen LogP) is 2.00. The van der Waals surface area contributed by atoms with Crippen molar-refractivity contribution in [2.24, 2.45) is 0 Å². The fourth-order valence-corrected chi connectivity index (χ4v) is 3.18. The zero-order chi connectivity index (χ0) is 14.0. The van der Waals surface area contributed by atoms with E-state index in [-0.39, 0.29) is 4.90 Å². The molecule has 1 heterocycles. The molecule has 2 aromatic rings. The number of benzene rings is 1. The van der Waals surface area contributed by atoms with Crippen LogP contribution in [-0.2, 0) is 16.4 Å². The van der Waals surface area contributed by atoms with Crippen molar-refractivity contribution < 1.29 is 13.2 Å². The molecule has 0 radical (unpaired) electrons. The van der Waals surface area contributed by atoms with E-state index in [0.29, 0.717) is 11.4 Å². The van der Waals surface area contributed by atoms with Gasteiger partial charge in [0.1, 0.15) is 17.0 Å². The third-order valence-corrected chi connectivity index (χ3v) is 4.51. The van der Waals surface area contributed by atoms with Crippen molar-refractivity contribution in [3.8, 4) is 5.75 Å². The number of aromatic nitrogens is 2. The lowest BCUT2D eigenvalue weighted by molar-refractivity contribution is 0.402. The van der Waals surface area contributed by atoms with Crippen molar-refractivity contribution in [3.05, 3.63) is 42.0 Å². The molecule has 0 saturated heterocycles. The third kappa shape index (κ3) is 2.49. The number of hydrogen-bond donors (Lipinski definition) is 0. The van der Waals surface area contributed by atoms with E-state index in [1.165, 1.54) is 19.6 Å². The molecule has 0 N–H and O–H groups in total. The largest absolute Gasteiger partial charge is 0.495 e. The first kappa shape index (κ1) is 13.6. The SMILES string of the molecule is CCc1ccc(OC)c(S(=O)(=O)n2cnc(C)c2)c1. The Bertz CT molecular complexity index is 690. The summed E-state index contributed by atoms with van der Waals surface area (Å²) in [6.07, 6.45) is 3.53. The van der Waals surface area contributed by atoms with Crippen LogP contribution in [0.15, 0.2) is 35.6 Å². The summed E-state index contributed by atoms with van der Waals surface area (Å²) in [6, 6.07) is 5.18. The summed E-state index contributed by atoms with van der Waals surface area (Å²) in [5.41, 5.74) is 1.59. The van der Waals surface area contributed by atoms with Crippen LogP contribution in [0.3, 0.4) is 0 Å². The maximum absolute atomic E-state index is 12.5. The number of methoxy groups -OCH3 is 1. The van der Waals surface area contributed by atoms with Crippen molar-refractivity contribution in [1.29, 1.82) is 0 Å². The Kier molecular flexibility index (Phi) is 3.61. The van der Waals surface area contributed by atoms with Crippen molar-refractivity contribution >= 4 is 10.0 Å². The number of aryl methyl sites for hydroxylation is 2. The smallest absolute Gasteiger partial charge is 0.272 e. The van der Waals surface area contributed by atoms with Crippen molar-refractivity contribution in [1.82, 2.24) is 8.96 Å². The van der Waals surface area contributed by atoms with Gasteiger partial charge in [-0.05, 0) is 31.0 Å². The molecule has 0 aliphatic carbocycles. The molecule has 0 amide bonds. The van der Waals surface area contributed by atoms with E-state index in [4.69, 9.17) is 4.74 Å². The van der Waals surface area contributed by atoms with Gasteiger partial charge in [-0.1, -0.05) is 13.0 Å². The average Bonchev–Trinajstić information content (AvgIpc) is 2.85. The van der Waals surface area contributed by atoms with E-state index >= 15 is 0 Å². The Morgan fingerprint density at radius 3 is 2.63 bits per heavy atom. The molecular formula is C13H16N2O3S. The molecule has 0 unspecified atom stereocenters. The normalized spacial score (nSPS) is 11.5. The fraction of sp³-hybridized carbons (Fsp3) is 0.308. The lowest BCUT2D eigenvalue weighted by Gasteiger charge is -2.11. The second-order valence-electron chi connectivity index (χ2n) is 4.19. The van der Waals surface area contributed by atoms with Crippen molar-refractivity contribution in [3.63, 3.8) is 0 Å². The summed E-state index contributed by atoms with van der Waals surface area (Å²) in [5.74, 6) is 0.337. The van der Waals surface area contributed by atoms with Crippen molar-refractivity contribution in [2.75, 3.05) is 7.11 Å². The van der Waals surface area contributed by atoms with E-state index in [1.807, 2.05) is 13.0 Å². The number of ether oxygens (including phenoxy) is 1. The van der Waals surface area contributed by atoms with Crippen LogP contribution in [0.1, 0.15) is 18.2 Å². The molecule has 19 heavy (non-hydrogen) atoms. The zero-order valence-electron chi connectivity index (χ0n) is 11.1. The molecule has 0 fully saturated rings. The van der Waals surface area contributed by atoms with Gasteiger partial charge in [-0.15, -0.1) is 0 Å². The summed E-state index contributed by atoms with van der Waals surface area (Å²) >= 11 is 0. The van der Waals surface area contributed by atoms with E-state index < -0.39 is 10.0 Å². The van der Waals surface area contributed by atoms with Crippen LogP contribution < -0.4 is 4.74 Å². The van der Waals surface area contributed by atoms with Crippen LogP contribution in [-0.4, -0.2) is 24.5 Å². The minimum atomic E-state index is -3.66. The summed E-state index contributed by atoms with van der Waals surface area (Å²) in [6.45, 7) is 3.71. The maximum Gasteiger partial charge on any atom is 0.272 e. The van der Waals surface area contributed by atoms with Crippen LogP contribution in [0.25, 0.3) is 0 Å². The lowest BCUT2D eigenvalue weighted by Crippen LogP contribution is -2.12. The highest BCUT2D eigenvalue weighted by Crippen LogP contribution is 2.27. The molecule has 0 spiro atoms. The van der Waals surface area contributed by atoms with Crippen molar-refractivity contribution in [2.45, 2.75) is 25.2 Å². The number of nitrogens with zero attached hydrogens (tertiary/aromatic N) is 2. The van der Waals surface area contributed by atoms with Crippen LogP contribution in [0.4, 0.5) is 0 Å².